The van der Waals surface area contributed by atoms with Crippen molar-refractivity contribution in [2.45, 2.75) is 180 Å². The Bertz CT molecular complexity index is 1680. The lowest BCUT2D eigenvalue weighted by Crippen LogP contribution is -2.58. The molecule has 0 saturated carbocycles. The van der Waals surface area contributed by atoms with Crippen molar-refractivity contribution in [1.29, 1.82) is 0 Å². The highest BCUT2D eigenvalue weighted by atomic mass is 16.3. The number of aliphatic hydroxyl groups excluding tert-OH is 1. The fourth-order valence-electron chi connectivity index (χ4n) is 5.55. The van der Waals surface area contributed by atoms with Gasteiger partial charge in [-0.3, -0.25) is 19.2 Å². The molecule has 3 atom stereocenters. The molecule has 4 rings (SSSR count). The van der Waals surface area contributed by atoms with Crippen LogP contribution in [0.4, 0.5) is 0 Å². The zero-order chi connectivity index (χ0) is 79.3. The quantitative estimate of drug-likeness (QED) is 0.0826. The molecular formula is C69H151N13O14. The van der Waals surface area contributed by atoms with Crippen LogP contribution in [0.5, 0.6) is 0 Å². The molecule has 0 bridgehead atoms. The Balaban J connectivity index is -0.0000000392. The van der Waals surface area contributed by atoms with Crippen molar-refractivity contribution < 1.29 is 67.4 Å². The van der Waals surface area contributed by atoms with Crippen molar-refractivity contribution in [2.24, 2.45) is 40.3 Å². The molecule has 1 saturated heterocycles. The van der Waals surface area contributed by atoms with Gasteiger partial charge in [0.05, 0.1) is 0 Å². The van der Waals surface area contributed by atoms with E-state index in [1.165, 1.54) is 71.0 Å². The molecule has 1 fully saturated rings. The minimum atomic E-state index is -0.861. The normalized spacial score (nSPS) is 8.82. The van der Waals surface area contributed by atoms with E-state index in [0.717, 1.165) is 42.7 Å². The Labute approximate surface area is 585 Å². The van der Waals surface area contributed by atoms with Gasteiger partial charge in [-0.05, 0) is 111 Å². The maximum Gasteiger partial charge on any atom is 0.246 e. The SMILES string of the molecule is C=O.C=O.C=O.C=O.C=O.C=O.C=O.C=O.C=O.CC.CC.CC.CC.CC(=O)N(C)[C@@H](Cc1ccccc1)C(=O)N(C)[C@@H](Cc1ccccc1)C(=O)N[C@@H](C)C(=O)N1CCCCC1.CC(C)O.CCC(C)C.CCc1ccccc1.CN.CN.CN.CN.CN.CN.N.N.N. The molecule has 0 unspecified atom stereocenters. The number of nitrogens with zero attached hydrogens (tertiary/aromatic N) is 3. The standard InChI is InChI=1S/C30H40N4O4.C8H10.C5H12.C3H8O.4C2H6.6CH5N.9CH2O.3H3N/c1-22(29(37)34-18-12-7-13-19-34)31-28(36)26(20-24-14-8-5-9-15-24)33(4)30(38)27(32(3)23(2)35)21-25-16-10-6-11-17-25;1-2-8-6-4-3-5-7-8;1-4-5(2)3;1-3(2)4;19*1-2;;;/h5-6,8-11,14-17,22,26-27H,7,12-13,18-21H2,1-4H3,(H,31,36);3-7H,2H2,1H3;5H,4H2,1-3H3;3-4H,1-2H3;4*1-2H3;6*2H2,1H3;9*1H2;3*1H3/t22-,26-,27-;;;;;;;;;;;;;;;;;;;;;;;;;/m0........................./s1. The number of likely N-dealkylation sites (tertiary alicyclic amines) is 1. The van der Waals surface area contributed by atoms with Crippen LogP contribution in [0.3, 0.4) is 0 Å². The molecule has 3 aromatic carbocycles. The highest BCUT2D eigenvalue weighted by Gasteiger charge is 2.35. The van der Waals surface area contributed by atoms with E-state index in [1.54, 1.807) is 39.8 Å². The number of nitrogens with two attached hydrogens (primary N) is 6. The van der Waals surface area contributed by atoms with E-state index in [4.69, 9.17) is 48.3 Å². The van der Waals surface area contributed by atoms with Crippen LogP contribution in [0.15, 0.2) is 91.0 Å². The molecule has 23 N–H and O–H groups in total. The number of nitrogens with one attached hydrogen (secondary N) is 1. The number of hydrogen-bond acceptors (Lipinski definition) is 23. The van der Waals surface area contributed by atoms with Gasteiger partial charge < -0.3 is 121 Å². The molecule has 0 aliphatic carbocycles. The van der Waals surface area contributed by atoms with E-state index in [9.17, 15) is 19.2 Å². The second-order valence-corrected chi connectivity index (χ2v) is 14.8. The second kappa shape index (κ2) is 167. The van der Waals surface area contributed by atoms with Crippen LogP contribution < -0.4 is 58.2 Å². The lowest BCUT2D eigenvalue weighted by atomic mass is 10.00. The lowest BCUT2D eigenvalue weighted by Gasteiger charge is -2.35. The third-order valence-corrected chi connectivity index (χ3v) is 9.38. The van der Waals surface area contributed by atoms with Crippen LogP contribution in [0.1, 0.15) is 153 Å². The summed E-state index contributed by atoms with van der Waals surface area (Å²) < 4.78 is 0. The maximum absolute atomic E-state index is 13.9. The molecule has 0 aromatic heterocycles. The Morgan fingerprint density at radius 3 is 0.885 bits per heavy atom. The minimum absolute atomic E-state index is 0. The van der Waals surface area contributed by atoms with Gasteiger partial charge in [-0.25, -0.2) is 0 Å². The molecule has 0 spiro atoms. The Hall–Kier alpha value is -7.83. The van der Waals surface area contributed by atoms with Gasteiger partial charge in [0.2, 0.25) is 23.6 Å². The molecule has 96 heavy (non-hydrogen) atoms. The summed E-state index contributed by atoms with van der Waals surface area (Å²) in [6.45, 7) is 50.8. The van der Waals surface area contributed by atoms with Crippen LogP contribution in [-0.4, -0.2) is 198 Å². The number of piperidine rings is 1. The zero-order valence-corrected chi connectivity index (χ0v) is 65.0. The number of amides is 4. The molecule has 576 valence electrons. The first-order valence-electron chi connectivity index (χ1n) is 30.1. The summed E-state index contributed by atoms with van der Waals surface area (Å²) >= 11 is 0. The monoisotopic (exact) mass is 1390 g/mol. The molecule has 0 radical (unpaired) electrons. The number of likely N-dealkylation sites (N-methyl/N-ethyl adjacent to an activating group) is 2. The van der Waals surface area contributed by atoms with Crippen LogP contribution in [-0.2, 0) is 81.6 Å². The van der Waals surface area contributed by atoms with Crippen LogP contribution in [0, 0.1) is 5.92 Å². The molecular weight excluding hydrogens is 1230 g/mol. The molecule has 3 aromatic rings. The molecule has 27 heteroatoms. The molecule has 1 aliphatic heterocycles. The summed E-state index contributed by atoms with van der Waals surface area (Å²) in [5.41, 5.74) is 30.2. The van der Waals surface area contributed by atoms with Crippen molar-refractivity contribution in [2.75, 3.05) is 69.5 Å². The zero-order valence-electron chi connectivity index (χ0n) is 65.0. The highest BCUT2D eigenvalue weighted by Crippen LogP contribution is 2.16. The van der Waals surface area contributed by atoms with E-state index >= 15 is 0 Å². The van der Waals surface area contributed by atoms with E-state index in [0.29, 0.717) is 19.5 Å². The van der Waals surface area contributed by atoms with Gasteiger partial charge in [0.25, 0.3) is 0 Å². The van der Waals surface area contributed by atoms with E-state index in [2.05, 4.69) is 91.7 Å². The number of aliphatic hydroxyl groups is 1. The van der Waals surface area contributed by atoms with Crippen molar-refractivity contribution in [3.8, 4) is 0 Å². The second-order valence-electron chi connectivity index (χ2n) is 14.8. The lowest BCUT2D eigenvalue weighted by molar-refractivity contribution is -0.147. The largest absolute Gasteiger partial charge is 0.394 e. The van der Waals surface area contributed by atoms with E-state index < -0.39 is 24.0 Å². The van der Waals surface area contributed by atoms with Crippen molar-refractivity contribution >= 4 is 84.7 Å². The number of aryl methyl sites for hydroxylation is 1. The summed E-state index contributed by atoms with van der Waals surface area (Å²) in [6, 6.07) is 27.1. The molecule has 1 heterocycles. The predicted molar refractivity (Wildman–Crippen MR) is 411 cm³/mol. The van der Waals surface area contributed by atoms with Crippen molar-refractivity contribution in [3.05, 3.63) is 108 Å². The number of carbonyl (C=O) groups is 13. The third kappa shape index (κ3) is 120. The van der Waals surface area contributed by atoms with E-state index in [1.807, 2.05) is 183 Å². The van der Waals surface area contributed by atoms with Gasteiger partial charge in [0, 0.05) is 53.1 Å². The smallest absolute Gasteiger partial charge is 0.246 e. The van der Waals surface area contributed by atoms with Gasteiger partial charge in [0.15, 0.2) is 0 Å². The molecule has 1 aliphatic rings. The van der Waals surface area contributed by atoms with Gasteiger partial charge in [0.1, 0.15) is 79.2 Å². The fraction of sp³-hybridized carbons (Fsp3) is 0.551. The first-order chi connectivity index (χ1) is 45.1. The number of hydrogen-bond donors (Lipinski definition) is 11. The predicted octanol–water partition coefficient (Wildman–Crippen LogP) is 7.73. The van der Waals surface area contributed by atoms with Gasteiger partial charge in [-0.15, -0.1) is 0 Å². The Kier molecular flexibility index (Phi) is 267. The summed E-state index contributed by atoms with van der Waals surface area (Å²) in [4.78, 5) is 129. The summed E-state index contributed by atoms with van der Waals surface area (Å²) in [7, 11) is 12.2. The fourth-order valence-corrected chi connectivity index (χ4v) is 5.55. The van der Waals surface area contributed by atoms with Crippen LogP contribution in [0.2, 0.25) is 0 Å². The van der Waals surface area contributed by atoms with E-state index in [-0.39, 0.29) is 48.7 Å². The summed E-state index contributed by atoms with van der Waals surface area (Å²) in [5, 5.41) is 10.9. The Morgan fingerprint density at radius 1 is 0.448 bits per heavy atom. The molecule has 27 nitrogen and oxygen atoms in total. The first kappa shape index (κ1) is 153. The first-order valence-corrected chi connectivity index (χ1v) is 30.1. The average Bonchev–Trinajstić information content (AvgIpc) is 0.834. The van der Waals surface area contributed by atoms with Crippen molar-refractivity contribution in [3.63, 3.8) is 0 Å². The topological polar surface area (TPSA) is 525 Å². The Morgan fingerprint density at radius 2 is 0.677 bits per heavy atom. The summed E-state index contributed by atoms with van der Waals surface area (Å²) in [5.74, 6) is -0.194. The van der Waals surface area contributed by atoms with Gasteiger partial charge >= 0.3 is 0 Å². The number of rotatable bonds is 12. The average molecular weight is 1390 g/mol. The van der Waals surface area contributed by atoms with Gasteiger partial charge in [-0.1, -0.05) is 181 Å². The number of carbonyl (C=O) groups excluding carboxylic acids is 13. The highest BCUT2D eigenvalue weighted by molar-refractivity contribution is 5.94. The van der Waals surface area contributed by atoms with Crippen molar-refractivity contribution in [1.82, 2.24) is 38.5 Å². The summed E-state index contributed by atoms with van der Waals surface area (Å²) in [6.07, 6.45) is 5.92. The van der Waals surface area contributed by atoms with Gasteiger partial charge in [-0.2, -0.15) is 0 Å². The number of benzene rings is 3. The third-order valence-electron chi connectivity index (χ3n) is 9.38. The minimum Gasteiger partial charge on any atom is -0.394 e. The van der Waals surface area contributed by atoms with Crippen LogP contribution in [0.25, 0.3) is 0 Å². The van der Waals surface area contributed by atoms with Crippen LogP contribution >= 0.6 is 0 Å². The molecule has 4 amide bonds. The maximum atomic E-state index is 13.9.